The van der Waals surface area contributed by atoms with Gasteiger partial charge in [-0.3, -0.25) is 15.0 Å². The summed E-state index contributed by atoms with van der Waals surface area (Å²) >= 11 is 11.1. The molecule has 0 aromatic heterocycles. The summed E-state index contributed by atoms with van der Waals surface area (Å²) in [5.41, 5.74) is 2.93. The largest absolute Gasteiger partial charge is 0.478 e. The van der Waals surface area contributed by atoms with E-state index in [1.165, 1.54) is 24.3 Å². The molecular weight excluding hydrogens is 295 g/mol. The average Bonchev–Trinajstić information content (AvgIpc) is 2.57. The molecule has 0 aliphatic carbocycles. The van der Waals surface area contributed by atoms with E-state index in [-0.39, 0.29) is 15.6 Å². The molecule has 98 valence electrons. The number of hydrazine groups is 1. The van der Waals surface area contributed by atoms with Gasteiger partial charge < -0.3 is 5.11 Å². The number of carboxylic acids is 1. The Kier molecular flexibility index (Phi) is 3.46. The minimum atomic E-state index is -1.08. The van der Waals surface area contributed by atoms with E-state index in [2.05, 4.69) is 5.43 Å². The smallest absolute Gasteiger partial charge is 0.335 e. The number of aromatic carboxylic acids is 1. The fraction of sp³-hybridized carbons (Fsp3) is 0. The molecule has 1 aliphatic rings. The van der Waals surface area contributed by atoms with Gasteiger partial charge >= 0.3 is 5.97 Å². The fourth-order valence-electron chi connectivity index (χ4n) is 1.39. The minimum Gasteiger partial charge on any atom is -0.478 e. The molecule has 0 atom stereocenters. The number of hydrogen-bond acceptors (Lipinski definition) is 4. The summed E-state index contributed by atoms with van der Waals surface area (Å²) in [6, 6.07) is 5.47. The molecule has 0 spiro atoms. The predicted molar refractivity (Wildman–Crippen MR) is 67.6 cm³/mol. The second-order valence-corrected chi connectivity index (χ2v) is 4.32. The van der Waals surface area contributed by atoms with Crippen molar-refractivity contribution in [1.29, 1.82) is 0 Å². The summed E-state index contributed by atoms with van der Waals surface area (Å²) in [5, 5.41) is 8.67. The highest BCUT2D eigenvalue weighted by Crippen LogP contribution is 2.27. The van der Waals surface area contributed by atoms with E-state index >= 15 is 0 Å². The van der Waals surface area contributed by atoms with Crippen molar-refractivity contribution in [3.05, 3.63) is 39.9 Å². The molecule has 0 bridgehead atoms. The van der Waals surface area contributed by atoms with E-state index in [9.17, 15) is 14.4 Å². The zero-order chi connectivity index (χ0) is 14.2. The molecule has 1 aromatic rings. The first-order valence-electron chi connectivity index (χ1n) is 4.96. The third-order valence-electron chi connectivity index (χ3n) is 2.35. The molecule has 8 heteroatoms. The lowest BCUT2D eigenvalue weighted by Gasteiger charge is -2.16. The molecule has 19 heavy (non-hydrogen) atoms. The number of anilines is 1. The van der Waals surface area contributed by atoms with Crippen molar-refractivity contribution in [2.24, 2.45) is 0 Å². The van der Waals surface area contributed by atoms with Crippen LogP contribution in [0.3, 0.4) is 0 Å². The van der Waals surface area contributed by atoms with E-state index in [4.69, 9.17) is 28.3 Å². The second-order valence-electron chi connectivity index (χ2n) is 3.57. The minimum absolute atomic E-state index is 0.0822. The monoisotopic (exact) mass is 300 g/mol. The Morgan fingerprint density at radius 1 is 1.05 bits per heavy atom. The number of carbonyl (C=O) groups is 3. The molecule has 0 radical (unpaired) electrons. The van der Waals surface area contributed by atoms with Crippen LogP contribution in [0.1, 0.15) is 10.4 Å². The molecule has 0 saturated heterocycles. The van der Waals surface area contributed by atoms with E-state index in [1.807, 2.05) is 0 Å². The van der Waals surface area contributed by atoms with Crippen LogP contribution in [0.5, 0.6) is 0 Å². The summed E-state index contributed by atoms with van der Waals surface area (Å²) in [4.78, 5) is 33.8. The number of imide groups is 1. The van der Waals surface area contributed by atoms with Crippen molar-refractivity contribution < 1.29 is 19.5 Å². The van der Waals surface area contributed by atoms with Crippen LogP contribution in [0, 0.1) is 0 Å². The lowest BCUT2D eigenvalue weighted by atomic mass is 10.2. The van der Waals surface area contributed by atoms with E-state index < -0.39 is 17.8 Å². The Morgan fingerprint density at radius 2 is 1.53 bits per heavy atom. The second kappa shape index (κ2) is 4.91. The number of carbonyl (C=O) groups excluding carboxylic acids is 2. The van der Waals surface area contributed by atoms with Gasteiger partial charge in [0.15, 0.2) is 0 Å². The van der Waals surface area contributed by atoms with E-state index in [1.54, 1.807) is 0 Å². The Labute approximate surface area is 117 Å². The fourth-order valence-corrected chi connectivity index (χ4v) is 1.72. The summed E-state index contributed by atoms with van der Waals surface area (Å²) in [5.74, 6) is -2.61. The van der Waals surface area contributed by atoms with Gasteiger partial charge in [-0.25, -0.2) is 4.79 Å². The molecule has 0 saturated carbocycles. The lowest BCUT2D eigenvalue weighted by molar-refractivity contribution is -0.135. The number of halogens is 2. The van der Waals surface area contributed by atoms with Crippen molar-refractivity contribution in [3.8, 4) is 0 Å². The average molecular weight is 301 g/mol. The Balaban J connectivity index is 2.17. The van der Waals surface area contributed by atoms with Gasteiger partial charge in [0.25, 0.3) is 11.8 Å². The standard InChI is InChI=1S/C11H6Cl2N2O4/c12-7-8(13)10(17)15(9(7)16)14-6-3-1-5(2-4-6)11(18)19/h1-4,14H,(H,18,19). The molecule has 0 unspecified atom stereocenters. The van der Waals surface area contributed by atoms with Gasteiger partial charge in [0.05, 0.1) is 11.3 Å². The van der Waals surface area contributed by atoms with Crippen LogP contribution in [0.15, 0.2) is 34.3 Å². The molecule has 2 rings (SSSR count). The van der Waals surface area contributed by atoms with Gasteiger partial charge in [-0.1, -0.05) is 23.2 Å². The maximum Gasteiger partial charge on any atom is 0.335 e. The first kappa shape index (κ1) is 13.4. The Hall–Kier alpha value is -2.05. The Bertz CT molecular complexity index is 586. The number of hydrogen-bond donors (Lipinski definition) is 2. The van der Waals surface area contributed by atoms with E-state index in [0.29, 0.717) is 10.7 Å². The zero-order valence-electron chi connectivity index (χ0n) is 9.18. The highest BCUT2D eigenvalue weighted by atomic mass is 35.5. The van der Waals surface area contributed by atoms with Crippen LogP contribution in [-0.2, 0) is 9.59 Å². The maximum atomic E-state index is 11.6. The van der Waals surface area contributed by atoms with Crippen molar-refractivity contribution >= 4 is 46.7 Å². The molecule has 2 N–H and O–H groups in total. The maximum absolute atomic E-state index is 11.6. The Morgan fingerprint density at radius 3 is 1.95 bits per heavy atom. The molecule has 6 nitrogen and oxygen atoms in total. The molecule has 2 amide bonds. The number of rotatable bonds is 3. The van der Waals surface area contributed by atoms with Crippen LogP contribution >= 0.6 is 23.2 Å². The first-order chi connectivity index (χ1) is 8.91. The third-order valence-corrected chi connectivity index (χ3v) is 3.15. The summed E-state index contributed by atoms with van der Waals surface area (Å²) in [6.07, 6.45) is 0. The van der Waals surface area contributed by atoms with Gasteiger partial charge in [-0.05, 0) is 24.3 Å². The van der Waals surface area contributed by atoms with Gasteiger partial charge in [0.1, 0.15) is 10.1 Å². The van der Waals surface area contributed by atoms with Crippen molar-refractivity contribution in [1.82, 2.24) is 5.01 Å². The quantitative estimate of drug-likeness (QED) is 0.831. The van der Waals surface area contributed by atoms with Gasteiger partial charge in [-0.2, -0.15) is 5.01 Å². The van der Waals surface area contributed by atoms with Crippen molar-refractivity contribution in [2.45, 2.75) is 0 Å². The molecule has 1 aliphatic heterocycles. The number of nitrogens with one attached hydrogen (secondary N) is 1. The summed E-state index contributed by atoms with van der Waals surface area (Å²) < 4.78 is 0. The number of nitrogens with zero attached hydrogens (tertiary/aromatic N) is 1. The molecular formula is C11H6Cl2N2O4. The predicted octanol–water partition coefficient (Wildman–Crippen LogP) is 1.77. The van der Waals surface area contributed by atoms with Gasteiger partial charge in [0.2, 0.25) is 0 Å². The topological polar surface area (TPSA) is 86.7 Å². The summed E-state index contributed by atoms with van der Waals surface area (Å²) in [6.45, 7) is 0. The van der Waals surface area contributed by atoms with Crippen LogP contribution in [0.2, 0.25) is 0 Å². The van der Waals surface area contributed by atoms with Crippen LogP contribution in [0.4, 0.5) is 5.69 Å². The van der Waals surface area contributed by atoms with Crippen LogP contribution in [0.25, 0.3) is 0 Å². The SMILES string of the molecule is O=C(O)c1ccc(NN2C(=O)C(Cl)=C(Cl)C2=O)cc1. The van der Waals surface area contributed by atoms with Gasteiger partial charge in [0, 0.05) is 0 Å². The highest BCUT2D eigenvalue weighted by molar-refractivity contribution is 6.58. The van der Waals surface area contributed by atoms with Crippen molar-refractivity contribution in [2.75, 3.05) is 5.43 Å². The number of amides is 2. The first-order valence-corrected chi connectivity index (χ1v) is 5.71. The molecule has 1 heterocycles. The lowest BCUT2D eigenvalue weighted by Crippen LogP contribution is -2.36. The summed E-state index contributed by atoms with van der Waals surface area (Å²) in [7, 11) is 0. The zero-order valence-corrected chi connectivity index (χ0v) is 10.7. The highest BCUT2D eigenvalue weighted by Gasteiger charge is 2.37. The van der Waals surface area contributed by atoms with Crippen molar-refractivity contribution in [3.63, 3.8) is 0 Å². The molecule has 1 aromatic carbocycles. The van der Waals surface area contributed by atoms with Gasteiger partial charge in [-0.15, -0.1) is 0 Å². The third kappa shape index (κ3) is 2.40. The van der Waals surface area contributed by atoms with Crippen LogP contribution < -0.4 is 5.43 Å². The molecule has 0 fully saturated rings. The number of benzene rings is 1. The van der Waals surface area contributed by atoms with E-state index in [0.717, 1.165) is 0 Å². The normalized spacial score (nSPS) is 15.2. The van der Waals surface area contributed by atoms with Crippen LogP contribution in [-0.4, -0.2) is 27.9 Å². The number of carboxylic acid groups (broad SMARTS) is 1.